The predicted molar refractivity (Wildman–Crippen MR) is 73.9 cm³/mol. The SMILES string of the molecule is CCNC(=O)c1cc(NCc2ccsc2)ccn1. The fourth-order valence-electron chi connectivity index (χ4n) is 1.51. The lowest BCUT2D eigenvalue weighted by Crippen LogP contribution is -2.23. The van der Waals surface area contributed by atoms with Crippen LogP contribution in [-0.4, -0.2) is 17.4 Å². The molecule has 94 valence electrons. The van der Waals surface area contributed by atoms with Crippen LogP contribution < -0.4 is 10.6 Å². The van der Waals surface area contributed by atoms with Crippen molar-refractivity contribution in [2.45, 2.75) is 13.5 Å². The molecule has 2 aromatic rings. The van der Waals surface area contributed by atoms with Gasteiger partial charge in [0.1, 0.15) is 5.69 Å². The van der Waals surface area contributed by atoms with Gasteiger partial charge in [0.25, 0.3) is 5.91 Å². The average molecular weight is 261 g/mol. The van der Waals surface area contributed by atoms with E-state index >= 15 is 0 Å². The Morgan fingerprint density at radius 3 is 3.06 bits per heavy atom. The molecule has 5 heteroatoms. The molecule has 0 atom stereocenters. The summed E-state index contributed by atoms with van der Waals surface area (Å²) in [7, 11) is 0. The first kappa shape index (κ1) is 12.6. The molecule has 0 bridgehead atoms. The molecule has 0 aromatic carbocycles. The third kappa shape index (κ3) is 3.30. The Labute approximate surface area is 110 Å². The maximum Gasteiger partial charge on any atom is 0.269 e. The second-order valence-electron chi connectivity index (χ2n) is 3.77. The summed E-state index contributed by atoms with van der Waals surface area (Å²) in [6.45, 7) is 3.24. The van der Waals surface area contributed by atoms with Gasteiger partial charge in [0.2, 0.25) is 0 Å². The molecule has 0 radical (unpaired) electrons. The van der Waals surface area contributed by atoms with Crippen LogP contribution in [0, 0.1) is 0 Å². The number of rotatable bonds is 5. The first-order valence-electron chi connectivity index (χ1n) is 5.79. The van der Waals surface area contributed by atoms with E-state index in [1.807, 2.05) is 18.4 Å². The number of hydrogen-bond acceptors (Lipinski definition) is 4. The molecule has 0 fully saturated rings. The van der Waals surface area contributed by atoms with Gasteiger partial charge >= 0.3 is 0 Å². The zero-order chi connectivity index (χ0) is 12.8. The molecule has 2 aromatic heterocycles. The van der Waals surface area contributed by atoms with Gasteiger partial charge in [-0.1, -0.05) is 0 Å². The molecule has 0 spiro atoms. The van der Waals surface area contributed by atoms with Gasteiger partial charge in [-0.05, 0) is 41.4 Å². The van der Waals surface area contributed by atoms with E-state index < -0.39 is 0 Å². The van der Waals surface area contributed by atoms with Crippen molar-refractivity contribution >= 4 is 22.9 Å². The molecule has 2 N–H and O–H groups in total. The average Bonchev–Trinajstić information content (AvgIpc) is 2.90. The molecule has 0 aliphatic heterocycles. The number of carbonyl (C=O) groups excluding carboxylic acids is 1. The molecule has 0 aliphatic carbocycles. The van der Waals surface area contributed by atoms with Crippen molar-refractivity contribution in [3.63, 3.8) is 0 Å². The summed E-state index contributed by atoms with van der Waals surface area (Å²) < 4.78 is 0. The number of thiophene rings is 1. The summed E-state index contributed by atoms with van der Waals surface area (Å²) in [5.41, 5.74) is 2.57. The maximum absolute atomic E-state index is 11.6. The van der Waals surface area contributed by atoms with Gasteiger partial charge in [-0.2, -0.15) is 11.3 Å². The second-order valence-corrected chi connectivity index (χ2v) is 4.55. The Bertz CT molecular complexity index is 511. The summed E-state index contributed by atoms with van der Waals surface area (Å²) in [6, 6.07) is 5.69. The van der Waals surface area contributed by atoms with E-state index in [9.17, 15) is 4.79 Å². The van der Waals surface area contributed by atoms with E-state index in [0.29, 0.717) is 12.2 Å². The number of nitrogens with zero attached hydrogens (tertiary/aromatic N) is 1. The zero-order valence-electron chi connectivity index (χ0n) is 10.1. The van der Waals surface area contributed by atoms with Crippen LogP contribution in [0.25, 0.3) is 0 Å². The van der Waals surface area contributed by atoms with E-state index in [4.69, 9.17) is 0 Å². The first-order valence-corrected chi connectivity index (χ1v) is 6.73. The first-order chi connectivity index (χ1) is 8.79. The van der Waals surface area contributed by atoms with Crippen molar-refractivity contribution < 1.29 is 4.79 Å². The fraction of sp³-hybridized carbons (Fsp3) is 0.231. The summed E-state index contributed by atoms with van der Waals surface area (Å²) in [6.07, 6.45) is 1.64. The third-order valence-corrected chi connectivity index (χ3v) is 3.14. The van der Waals surface area contributed by atoms with Gasteiger partial charge in [0.15, 0.2) is 0 Å². The summed E-state index contributed by atoms with van der Waals surface area (Å²) in [5, 5.41) is 10.1. The minimum absolute atomic E-state index is 0.142. The molecule has 4 nitrogen and oxygen atoms in total. The lowest BCUT2D eigenvalue weighted by Gasteiger charge is -2.07. The minimum Gasteiger partial charge on any atom is -0.381 e. The summed E-state index contributed by atoms with van der Waals surface area (Å²) in [4.78, 5) is 15.7. The predicted octanol–water partition coefficient (Wildman–Crippen LogP) is 2.50. The van der Waals surface area contributed by atoms with Crippen molar-refractivity contribution in [3.05, 3.63) is 46.4 Å². The van der Waals surface area contributed by atoms with Crippen LogP contribution in [0.2, 0.25) is 0 Å². The number of hydrogen-bond donors (Lipinski definition) is 2. The van der Waals surface area contributed by atoms with E-state index in [1.165, 1.54) is 5.56 Å². The van der Waals surface area contributed by atoms with Crippen LogP contribution in [0.1, 0.15) is 23.0 Å². The topological polar surface area (TPSA) is 54.0 Å². The van der Waals surface area contributed by atoms with Gasteiger partial charge in [0, 0.05) is 25.0 Å². The van der Waals surface area contributed by atoms with Crippen LogP contribution in [0.5, 0.6) is 0 Å². The van der Waals surface area contributed by atoms with Gasteiger partial charge in [-0.15, -0.1) is 0 Å². The van der Waals surface area contributed by atoms with E-state index in [0.717, 1.165) is 12.2 Å². The maximum atomic E-state index is 11.6. The van der Waals surface area contributed by atoms with Gasteiger partial charge in [0.05, 0.1) is 0 Å². The standard InChI is InChI=1S/C13H15N3OS/c1-2-14-13(17)12-7-11(3-5-15-12)16-8-10-4-6-18-9-10/h3-7,9H,2,8H2,1H3,(H,14,17)(H,15,16). The van der Waals surface area contributed by atoms with E-state index in [-0.39, 0.29) is 5.91 Å². The molecule has 1 amide bonds. The third-order valence-electron chi connectivity index (χ3n) is 2.41. The molecular weight excluding hydrogens is 246 g/mol. The second kappa shape index (κ2) is 6.16. The Kier molecular flexibility index (Phi) is 4.30. The van der Waals surface area contributed by atoms with Gasteiger partial charge in [-0.25, -0.2) is 0 Å². The van der Waals surface area contributed by atoms with E-state index in [1.54, 1.807) is 23.6 Å². The van der Waals surface area contributed by atoms with Crippen LogP contribution in [-0.2, 0) is 6.54 Å². The normalized spacial score (nSPS) is 10.1. The molecule has 2 rings (SSSR count). The summed E-state index contributed by atoms with van der Waals surface area (Å²) >= 11 is 1.67. The molecule has 0 saturated heterocycles. The molecule has 0 saturated carbocycles. The monoisotopic (exact) mass is 261 g/mol. The zero-order valence-corrected chi connectivity index (χ0v) is 11.0. The number of amides is 1. The molecule has 18 heavy (non-hydrogen) atoms. The Hall–Kier alpha value is -1.88. The number of aromatic nitrogens is 1. The smallest absolute Gasteiger partial charge is 0.269 e. The van der Waals surface area contributed by atoms with Crippen LogP contribution in [0.3, 0.4) is 0 Å². The van der Waals surface area contributed by atoms with Crippen LogP contribution in [0.4, 0.5) is 5.69 Å². The minimum atomic E-state index is -0.142. The quantitative estimate of drug-likeness (QED) is 0.869. The fourth-order valence-corrected chi connectivity index (χ4v) is 2.18. The highest BCUT2D eigenvalue weighted by Crippen LogP contribution is 2.12. The van der Waals surface area contributed by atoms with Crippen LogP contribution in [0.15, 0.2) is 35.2 Å². The van der Waals surface area contributed by atoms with Crippen molar-refractivity contribution in [2.75, 3.05) is 11.9 Å². The summed E-state index contributed by atoms with van der Waals surface area (Å²) in [5.74, 6) is -0.142. The van der Waals surface area contributed by atoms with Crippen molar-refractivity contribution in [1.29, 1.82) is 0 Å². The number of pyridine rings is 1. The Balaban J connectivity index is 2.01. The lowest BCUT2D eigenvalue weighted by molar-refractivity contribution is 0.0951. The highest BCUT2D eigenvalue weighted by Gasteiger charge is 2.06. The van der Waals surface area contributed by atoms with Crippen LogP contribution >= 0.6 is 11.3 Å². The Morgan fingerprint density at radius 1 is 1.44 bits per heavy atom. The number of carbonyl (C=O) groups is 1. The largest absolute Gasteiger partial charge is 0.381 e. The van der Waals surface area contributed by atoms with Gasteiger partial charge < -0.3 is 10.6 Å². The van der Waals surface area contributed by atoms with Crippen molar-refractivity contribution in [2.24, 2.45) is 0 Å². The molecular formula is C13H15N3OS. The molecule has 0 aliphatic rings. The van der Waals surface area contributed by atoms with Crippen molar-refractivity contribution in [1.82, 2.24) is 10.3 Å². The number of anilines is 1. The Morgan fingerprint density at radius 2 is 2.33 bits per heavy atom. The molecule has 0 unspecified atom stereocenters. The number of nitrogens with one attached hydrogen (secondary N) is 2. The van der Waals surface area contributed by atoms with E-state index in [2.05, 4.69) is 27.1 Å². The highest BCUT2D eigenvalue weighted by atomic mass is 32.1. The van der Waals surface area contributed by atoms with Gasteiger partial charge in [-0.3, -0.25) is 9.78 Å². The lowest BCUT2D eigenvalue weighted by atomic mass is 10.2. The molecule has 2 heterocycles. The van der Waals surface area contributed by atoms with Crippen molar-refractivity contribution in [3.8, 4) is 0 Å². The highest BCUT2D eigenvalue weighted by molar-refractivity contribution is 7.07.